The van der Waals surface area contributed by atoms with Gasteiger partial charge in [0.2, 0.25) is 15.9 Å². The molecule has 9 nitrogen and oxygen atoms in total. The van der Waals surface area contributed by atoms with Crippen LogP contribution in [0, 0.1) is 0 Å². The molecule has 1 fully saturated rings. The first-order chi connectivity index (χ1) is 17.7. The molecule has 1 atom stereocenters. The molecule has 1 saturated heterocycles. The van der Waals surface area contributed by atoms with Crippen molar-refractivity contribution >= 4 is 33.4 Å². The van der Waals surface area contributed by atoms with Gasteiger partial charge in [0.25, 0.3) is 5.91 Å². The molecular weight excluding hydrogens is 518 g/mol. The Morgan fingerprint density at radius 2 is 1.76 bits per heavy atom. The number of carbonyl (C=O) groups excluding carboxylic acids is 2. The molecule has 3 rings (SSSR count). The highest BCUT2D eigenvalue weighted by Crippen LogP contribution is 2.21. The fourth-order valence-electron chi connectivity index (χ4n) is 3.78. The van der Waals surface area contributed by atoms with Crippen LogP contribution in [0.2, 0.25) is 5.02 Å². The van der Waals surface area contributed by atoms with E-state index < -0.39 is 16.1 Å². The number of sulfonamides is 1. The van der Waals surface area contributed by atoms with Gasteiger partial charge in [-0.3, -0.25) is 9.59 Å². The summed E-state index contributed by atoms with van der Waals surface area (Å²) in [7, 11) is -3.62. The number of amides is 2. The quantitative estimate of drug-likeness (QED) is 0.406. The van der Waals surface area contributed by atoms with Crippen molar-refractivity contribution in [2.75, 3.05) is 39.5 Å². The first-order valence-electron chi connectivity index (χ1n) is 12.3. The van der Waals surface area contributed by atoms with E-state index >= 15 is 0 Å². The van der Waals surface area contributed by atoms with Crippen LogP contribution in [0.25, 0.3) is 0 Å². The molecule has 1 heterocycles. The van der Waals surface area contributed by atoms with E-state index in [0.717, 1.165) is 18.4 Å². The lowest BCUT2D eigenvalue weighted by molar-refractivity contribution is -0.142. The molecule has 37 heavy (non-hydrogen) atoms. The number of rotatable bonds is 12. The number of hydrogen-bond acceptors (Lipinski definition) is 6. The molecule has 11 heteroatoms. The van der Waals surface area contributed by atoms with E-state index in [1.807, 2.05) is 6.92 Å². The highest BCUT2D eigenvalue weighted by molar-refractivity contribution is 7.89. The van der Waals surface area contributed by atoms with E-state index in [1.54, 1.807) is 31.2 Å². The van der Waals surface area contributed by atoms with Gasteiger partial charge < -0.3 is 19.7 Å². The third-order valence-electron chi connectivity index (χ3n) is 6.06. The van der Waals surface area contributed by atoms with Gasteiger partial charge in [0, 0.05) is 31.2 Å². The highest BCUT2D eigenvalue weighted by Gasteiger charge is 2.28. The maximum absolute atomic E-state index is 13.2. The molecule has 1 aliphatic heterocycles. The van der Waals surface area contributed by atoms with E-state index in [0.29, 0.717) is 43.6 Å². The number of carbonyl (C=O) groups is 2. The van der Waals surface area contributed by atoms with Crippen LogP contribution in [0.5, 0.6) is 5.75 Å². The first kappa shape index (κ1) is 28.9. The predicted molar refractivity (Wildman–Crippen MR) is 141 cm³/mol. The van der Waals surface area contributed by atoms with Gasteiger partial charge in [-0.1, -0.05) is 37.1 Å². The fourth-order valence-corrected chi connectivity index (χ4v) is 5.31. The highest BCUT2D eigenvalue weighted by atomic mass is 35.5. The number of ether oxygens (including phenoxy) is 2. The number of nitrogens with one attached hydrogen (secondary N) is 1. The van der Waals surface area contributed by atoms with Gasteiger partial charge in [0.1, 0.15) is 11.8 Å². The van der Waals surface area contributed by atoms with Crippen LogP contribution in [-0.2, 0) is 30.9 Å². The average Bonchev–Trinajstić information content (AvgIpc) is 2.91. The van der Waals surface area contributed by atoms with Gasteiger partial charge >= 0.3 is 0 Å². The second-order valence-electron chi connectivity index (χ2n) is 8.75. The summed E-state index contributed by atoms with van der Waals surface area (Å²) in [6, 6.07) is 12.3. The van der Waals surface area contributed by atoms with Gasteiger partial charge in [-0.2, -0.15) is 4.31 Å². The summed E-state index contributed by atoms with van der Waals surface area (Å²) >= 11 is 5.99. The first-order valence-corrected chi connectivity index (χ1v) is 14.2. The monoisotopic (exact) mass is 551 g/mol. The molecule has 0 radical (unpaired) electrons. The van der Waals surface area contributed by atoms with E-state index in [9.17, 15) is 18.0 Å². The molecule has 0 saturated carbocycles. The number of morpholine rings is 1. The molecular formula is C26H34ClN3O6S. The Bertz CT molecular complexity index is 1140. The zero-order valence-corrected chi connectivity index (χ0v) is 22.8. The summed E-state index contributed by atoms with van der Waals surface area (Å²) in [6.45, 7) is 5.50. The molecule has 2 aromatic rings. The van der Waals surface area contributed by atoms with Crippen LogP contribution in [0.4, 0.5) is 0 Å². The van der Waals surface area contributed by atoms with Gasteiger partial charge in [0.05, 0.1) is 18.1 Å². The average molecular weight is 552 g/mol. The van der Waals surface area contributed by atoms with Crippen LogP contribution in [0.3, 0.4) is 0 Å². The summed E-state index contributed by atoms with van der Waals surface area (Å²) in [5.74, 6) is -0.271. The number of benzene rings is 2. The van der Waals surface area contributed by atoms with Gasteiger partial charge in [-0.25, -0.2) is 8.42 Å². The summed E-state index contributed by atoms with van der Waals surface area (Å²) < 4.78 is 37.9. The number of halogens is 1. The SMILES string of the molecule is CCCCNC(=O)[C@@H](C)N(Cc1ccc(Cl)cc1)C(=O)COc1ccc(S(=O)(=O)N2CCOCC2)cc1. The molecule has 2 aromatic carbocycles. The third-order valence-corrected chi connectivity index (χ3v) is 8.22. The standard InChI is InChI=1S/C26H34ClN3O6S/c1-3-4-13-28-26(32)20(2)30(18-21-5-7-22(27)8-6-21)25(31)19-36-23-9-11-24(12-10-23)37(33,34)29-14-16-35-17-15-29/h5-12,20H,3-4,13-19H2,1-2H3,(H,28,32)/t20-/m1/s1. The Labute approximate surface area is 223 Å². The van der Waals surface area contributed by atoms with Gasteiger partial charge in [-0.15, -0.1) is 0 Å². The van der Waals surface area contributed by atoms with Crippen LogP contribution in [0.1, 0.15) is 32.3 Å². The Kier molecular flexibility index (Phi) is 10.7. The summed E-state index contributed by atoms with van der Waals surface area (Å²) in [5.41, 5.74) is 0.823. The predicted octanol–water partition coefficient (Wildman–Crippen LogP) is 3.07. The normalized spacial score (nSPS) is 15.1. The Balaban J connectivity index is 1.67. The maximum atomic E-state index is 13.2. The van der Waals surface area contributed by atoms with E-state index in [1.165, 1.54) is 33.5 Å². The Morgan fingerprint density at radius 3 is 2.38 bits per heavy atom. The summed E-state index contributed by atoms with van der Waals surface area (Å²) in [4.78, 5) is 27.5. The summed E-state index contributed by atoms with van der Waals surface area (Å²) in [6.07, 6.45) is 1.80. The Hall–Kier alpha value is -2.66. The van der Waals surface area contributed by atoms with Crippen molar-refractivity contribution in [3.05, 3.63) is 59.1 Å². The molecule has 1 N–H and O–H groups in total. The molecule has 0 bridgehead atoms. The van der Waals surface area contributed by atoms with E-state index in [4.69, 9.17) is 21.1 Å². The fraction of sp³-hybridized carbons (Fsp3) is 0.462. The molecule has 202 valence electrons. The van der Waals surface area contributed by atoms with Crippen LogP contribution < -0.4 is 10.1 Å². The lowest BCUT2D eigenvalue weighted by Crippen LogP contribution is -2.49. The molecule has 1 aliphatic rings. The second kappa shape index (κ2) is 13.8. The Morgan fingerprint density at radius 1 is 1.11 bits per heavy atom. The third kappa shape index (κ3) is 8.16. The second-order valence-corrected chi connectivity index (χ2v) is 11.1. The minimum atomic E-state index is -3.62. The van der Waals surface area contributed by atoms with Crippen LogP contribution in [0.15, 0.2) is 53.4 Å². The molecule has 0 aromatic heterocycles. The number of hydrogen-bond donors (Lipinski definition) is 1. The lowest BCUT2D eigenvalue weighted by Gasteiger charge is -2.29. The molecule has 0 spiro atoms. The van der Waals surface area contributed by atoms with Crippen molar-refractivity contribution in [1.82, 2.24) is 14.5 Å². The molecule has 2 amide bonds. The van der Waals surface area contributed by atoms with Crippen molar-refractivity contribution < 1.29 is 27.5 Å². The van der Waals surface area contributed by atoms with Crippen molar-refractivity contribution in [2.45, 2.75) is 44.2 Å². The largest absolute Gasteiger partial charge is 0.484 e. The van der Waals surface area contributed by atoms with E-state index in [2.05, 4.69) is 5.32 Å². The summed E-state index contributed by atoms with van der Waals surface area (Å²) in [5, 5.41) is 3.45. The maximum Gasteiger partial charge on any atom is 0.261 e. The van der Waals surface area contributed by atoms with Crippen molar-refractivity contribution in [3.63, 3.8) is 0 Å². The van der Waals surface area contributed by atoms with Gasteiger partial charge in [-0.05, 0) is 55.3 Å². The van der Waals surface area contributed by atoms with Crippen molar-refractivity contribution in [3.8, 4) is 5.75 Å². The molecule has 0 unspecified atom stereocenters. The minimum absolute atomic E-state index is 0.148. The van der Waals surface area contributed by atoms with Crippen LogP contribution in [-0.4, -0.2) is 74.9 Å². The lowest BCUT2D eigenvalue weighted by atomic mass is 10.1. The molecule has 0 aliphatic carbocycles. The van der Waals surface area contributed by atoms with Crippen molar-refractivity contribution in [2.24, 2.45) is 0 Å². The van der Waals surface area contributed by atoms with E-state index in [-0.39, 0.29) is 29.9 Å². The smallest absolute Gasteiger partial charge is 0.261 e. The number of unbranched alkanes of at least 4 members (excludes halogenated alkanes) is 1. The topological polar surface area (TPSA) is 105 Å². The minimum Gasteiger partial charge on any atom is -0.484 e. The zero-order valence-electron chi connectivity index (χ0n) is 21.2. The number of nitrogens with zero attached hydrogens (tertiary/aromatic N) is 2. The van der Waals surface area contributed by atoms with Crippen LogP contribution >= 0.6 is 11.6 Å². The van der Waals surface area contributed by atoms with Gasteiger partial charge in [0.15, 0.2) is 6.61 Å². The zero-order chi connectivity index (χ0) is 26.8. The van der Waals surface area contributed by atoms with Crippen molar-refractivity contribution in [1.29, 1.82) is 0 Å².